The molecule has 2 N–H and O–H groups in total. The third-order valence-corrected chi connectivity index (χ3v) is 3.67. The van der Waals surface area contributed by atoms with E-state index in [4.69, 9.17) is 0 Å². The molecule has 4 heteroatoms. The number of unbranched alkanes of at least 4 members (excludes halogenated alkanes) is 1. The van der Waals surface area contributed by atoms with Gasteiger partial charge in [0, 0.05) is 12.2 Å². The van der Waals surface area contributed by atoms with E-state index in [-0.39, 0.29) is 5.91 Å². The normalized spacial score (nSPS) is 10.6. The van der Waals surface area contributed by atoms with E-state index in [0.29, 0.717) is 18.2 Å². The zero-order valence-corrected chi connectivity index (χ0v) is 14.1. The third kappa shape index (κ3) is 4.81. The van der Waals surface area contributed by atoms with Gasteiger partial charge in [-0.05, 0) is 36.1 Å². The van der Waals surface area contributed by atoms with Crippen molar-refractivity contribution in [1.29, 1.82) is 0 Å². The summed E-state index contributed by atoms with van der Waals surface area (Å²) >= 11 is 0. The number of hydrogen-bond acceptors (Lipinski definition) is 3. The van der Waals surface area contributed by atoms with Crippen molar-refractivity contribution in [2.24, 2.45) is 0 Å². The molecule has 122 valence electrons. The van der Waals surface area contributed by atoms with E-state index in [2.05, 4.69) is 48.5 Å². The smallest absolute Gasteiger partial charge is 0.269 e. The molecule has 0 spiro atoms. The minimum Gasteiger partial charge on any atom is -0.354 e. The van der Waals surface area contributed by atoms with Crippen molar-refractivity contribution in [2.45, 2.75) is 39.5 Å². The lowest BCUT2D eigenvalue weighted by Gasteiger charge is -2.14. The van der Waals surface area contributed by atoms with Gasteiger partial charge in [0.1, 0.15) is 5.69 Å². The van der Waals surface area contributed by atoms with Gasteiger partial charge in [0.25, 0.3) is 5.91 Å². The Kier molecular flexibility index (Phi) is 6.15. The van der Waals surface area contributed by atoms with E-state index in [1.54, 1.807) is 12.3 Å². The lowest BCUT2D eigenvalue weighted by atomic mass is 10.0. The Labute approximate surface area is 138 Å². The molecule has 0 saturated heterocycles. The number of hydrogen-bond donors (Lipinski definition) is 2. The van der Waals surface area contributed by atoms with Gasteiger partial charge < -0.3 is 10.6 Å². The van der Waals surface area contributed by atoms with Crippen LogP contribution in [0.15, 0.2) is 42.6 Å². The lowest BCUT2D eigenvalue weighted by molar-refractivity contribution is 0.0948. The Morgan fingerprint density at radius 2 is 1.96 bits per heavy atom. The van der Waals surface area contributed by atoms with Crippen molar-refractivity contribution in [2.75, 3.05) is 11.9 Å². The van der Waals surface area contributed by atoms with Gasteiger partial charge in [-0.1, -0.05) is 45.4 Å². The topological polar surface area (TPSA) is 54.0 Å². The maximum absolute atomic E-state index is 11.9. The van der Waals surface area contributed by atoms with Gasteiger partial charge in [0.15, 0.2) is 0 Å². The number of nitrogens with one attached hydrogen (secondary N) is 2. The van der Waals surface area contributed by atoms with E-state index in [0.717, 1.165) is 24.2 Å². The maximum Gasteiger partial charge on any atom is 0.269 e. The second kappa shape index (κ2) is 8.32. The summed E-state index contributed by atoms with van der Waals surface area (Å²) in [5.74, 6) is 0.322. The molecule has 1 amide bonds. The number of nitrogens with zero attached hydrogens (tertiary/aromatic N) is 1. The second-order valence-electron chi connectivity index (χ2n) is 5.91. The summed E-state index contributed by atoms with van der Waals surface area (Å²) in [4.78, 5) is 16.2. The fraction of sp³-hybridized carbons (Fsp3) is 0.368. The highest BCUT2D eigenvalue weighted by molar-refractivity contribution is 5.92. The Balaban J connectivity index is 2.04. The molecule has 0 bridgehead atoms. The number of carbonyl (C=O) groups excluding carboxylic acids is 1. The number of aromatic nitrogens is 1. The van der Waals surface area contributed by atoms with Crippen LogP contribution in [-0.4, -0.2) is 17.4 Å². The first-order chi connectivity index (χ1) is 11.1. The van der Waals surface area contributed by atoms with Gasteiger partial charge in [-0.15, -0.1) is 0 Å². The SMILES string of the molecule is CCCCNC(=O)c1ccc(Nc2ccccc2C(C)C)cn1. The van der Waals surface area contributed by atoms with Crippen molar-refractivity contribution < 1.29 is 4.79 Å². The first-order valence-electron chi connectivity index (χ1n) is 8.22. The molecule has 0 unspecified atom stereocenters. The van der Waals surface area contributed by atoms with Gasteiger partial charge in [0.2, 0.25) is 0 Å². The molecule has 0 saturated carbocycles. The van der Waals surface area contributed by atoms with Crippen LogP contribution in [0, 0.1) is 0 Å². The maximum atomic E-state index is 11.9. The van der Waals surface area contributed by atoms with E-state index in [9.17, 15) is 4.79 Å². The van der Waals surface area contributed by atoms with Crippen LogP contribution >= 0.6 is 0 Å². The van der Waals surface area contributed by atoms with Crippen molar-refractivity contribution >= 4 is 17.3 Å². The summed E-state index contributed by atoms with van der Waals surface area (Å²) < 4.78 is 0. The molecule has 0 aliphatic carbocycles. The Morgan fingerprint density at radius 1 is 1.17 bits per heavy atom. The number of amides is 1. The second-order valence-corrected chi connectivity index (χ2v) is 5.91. The monoisotopic (exact) mass is 311 g/mol. The highest BCUT2D eigenvalue weighted by Crippen LogP contribution is 2.26. The van der Waals surface area contributed by atoms with Gasteiger partial charge in [0.05, 0.1) is 11.9 Å². The number of carbonyl (C=O) groups is 1. The number of rotatable bonds is 7. The number of anilines is 2. The molecule has 0 aliphatic heterocycles. The summed E-state index contributed by atoms with van der Waals surface area (Å²) in [6, 6.07) is 11.9. The minimum absolute atomic E-state index is 0.118. The van der Waals surface area contributed by atoms with Crippen LogP contribution < -0.4 is 10.6 Å². The Morgan fingerprint density at radius 3 is 2.61 bits per heavy atom. The number of benzene rings is 1. The summed E-state index contributed by atoms with van der Waals surface area (Å²) in [6.45, 7) is 7.13. The molecular formula is C19H25N3O. The molecule has 0 radical (unpaired) electrons. The van der Waals surface area contributed by atoms with Crippen molar-refractivity contribution in [3.63, 3.8) is 0 Å². The van der Waals surface area contributed by atoms with E-state index in [1.807, 2.05) is 18.2 Å². The van der Waals surface area contributed by atoms with Crippen LogP contribution in [0.3, 0.4) is 0 Å². The van der Waals surface area contributed by atoms with Crippen LogP contribution in [-0.2, 0) is 0 Å². The average Bonchev–Trinajstić information content (AvgIpc) is 2.56. The first kappa shape index (κ1) is 17.0. The summed E-state index contributed by atoms with van der Waals surface area (Å²) in [5, 5.41) is 6.25. The minimum atomic E-state index is -0.118. The Bertz CT molecular complexity index is 635. The summed E-state index contributed by atoms with van der Waals surface area (Å²) in [7, 11) is 0. The molecule has 2 rings (SSSR count). The van der Waals surface area contributed by atoms with Gasteiger partial charge in [-0.3, -0.25) is 4.79 Å². The van der Waals surface area contributed by atoms with Crippen LogP contribution in [0.2, 0.25) is 0 Å². The molecule has 0 atom stereocenters. The molecule has 1 aromatic heterocycles. The predicted octanol–water partition coefficient (Wildman–Crippen LogP) is 4.48. The van der Waals surface area contributed by atoms with E-state index < -0.39 is 0 Å². The van der Waals surface area contributed by atoms with Gasteiger partial charge in [-0.2, -0.15) is 0 Å². The van der Waals surface area contributed by atoms with E-state index in [1.165, 1.54) is 5.56 Å². The number of para-hydroxylation sites is 1. The van der Waals surface area contributed by atoms with E-state index >= 15 is 0 Å². The third-order valence-electron chi connectivity index (χ3n) is 3.67. The molecule has 4 nitrogen and oxygen atoms in total. The van der Waals surface area contributed by atoms with Gasteiger partial charge in [-0.25, -0.2) is 4.98 Å². The van der Waals surface area contributed by atoms with Crippen molar-refractivity contribution in [3.05, 3.63) is 53.9 Å². The van der Waals surface area contributed by atoms with Gasteiger partial charge >= 0.3 is 0 Å². The van der Waals surface area contributed by atoms with Crippen LogP contribution in [0.1, 0.15) is 55.6 Å². The fourth-order valence-electron chi connectivity index (χ4n) is 2.34. The van der Waals surface area contributed by atoms with Crippen molar-refractivity contribution in [1.82, 2.24) is 10.3 Å². The number of pyridine rings is 1. The first-order valence-corrected chi connectivity index (χ1v) is 8.22. The molecule has 1 heterocycles. The van der Waals surface area contributed by atoms with Crippen molar-refractivity contribution in [3.8, 4) is 0 Å². The lowest BCUT2D eigenvalue weighted by Crippen LogP contribution is -2.25. The molecule has 2 aromatic rings. The zero-order chi connectivity index (χ0) is 16.7. The molecule has 0 aliphatic rings. The summed E-state index contributed by atoms with van der Waals surface area (Å²) in [6.07, 6.45) is 3.75. The average molecular weight is 311 g/mol. The molecule has 1 aromatic carbocycles. The molecule has 23 heavy (non-hydrogen) atoms. The molecular weight excluding hydrogens is 286 g/mol. The fourth-order valence-corrected chi connectivity index (χ4v) is 2.34. The van der Waals surface area contributed by atoms with Crippen LogP contribution in [0.5, 0.6) is 0 Å². The largest absolute Gasteiger partial charge is 0.354 e. The predicted molar refractivity (Wildman–Crippen MR) is 95.3 cm³/mol. The summed E-state index contributed by atoms with van der Waals surface area (Å²) in [5.41, 5.74) is 3.66. The van der Waals surface area contributed by atoms with Crippen LogP contribution in [0.25, 0.3) is 0 Å². The quantitative estimate of drug-likeness (QED) is 0.741. The van der Waals surface area contributed by atoms with Crippen LogP contribution in [0.4, 0.5) is 11.4 Å². The standard InChI is InChI=1S/C19H25N3O/c1-4-5-12-20-19(23)18-11-10-15(13-21-18)22-17-9-7-6-8-16(17)14(2)3/h6-11,13-14,22H,4-5,12H2,1-3H3,(H,20,23). The highest BCUT2D eigenvalue weighted by Gasteiger charge is 2.08. The molecule has 0 fully saturated rings. The Hall–Kier alpha value is -2.36. The highest BCUT2D eigenvalue weighted by atomic mass is 16.1. The zero-order valence-electron chi connectivity index (χ0n) is 14.1.